The van der Waals surface area contributed by atoms with Crippen LogP contribution in [0.25, 0.3) is 10.7 Å². The molecule has 0 saturated heterocycles. The van der Waals surface area contributed by atoms with E-state index in [2.05, 4.69) is 20.9 Å². The quantitative estimate of drug-likeness (QED) is 0.621. The van der Waals surface area contributed by atoms with Crippen molar-refractivity contribution in [3.63, 3.8) is 0 Å². The van der Waals surface area contributed by atoms with Crippen LogP contribution in [-0.2, 0) is 0 Å². The largest absolute Gasteiger partial charge is 0.364 e. The molecule has 4 heteroatoms. The average Bonchev–Trinajstić information content (AvgIpc) is 2.59. The van der Waals surface area contributed by atoms with Gasteiger partial charge in [0.15, 0.2) is 0 Å². The van der Waals surface area contributed by atoms with Crippen molar-refractivity contribution in [2.45, 2.75) is 0 Å². The summed E-state index contributed by atoms with van der Waals surface area (Å²) in [5.41, 5.74) is 0.770. The van der Waals surface area contributed by atoms with E-state index in [0.717, 1.165) is 10.7 Å². The summed E-state index contributed by atoms with van der Waals surface area (Å²) < 4.78 is 4.64. The maximum absolute atomic E-state index is 4.64. The third-order valence-corrected chi connectivity index (χ3v) is 1.79. The van der Waals surface area contributed by atoms with E-state index in [1.807, 2.05) is 0 Å². The van der Waals surface area contributed by atoms with Gasteiger partial charge in [0, 0.05) is 11.4 Å². The lowest BCUT2D eigenvalue weighted by molar-refractivity contribution is 0.422. The highest BCUT2D eigenvalue weighted by molar-refractivity contribution is 7.13. The molecule has 0 aliphatic heterocycles. The smallest absolute Gasteiger partial charge is 0.146 e. The predicted octanol–water partition coefficient (Wildman–Crippen LogP) is 1.60. The predicted molar refractivity (Wildman–Crippen MR) is 36.4 cm³/mol. The SMILES string of the molecule is [c]1csc(-c2ccon2)n1. The fourth-order valence-corrected chi connectivity index (χ4v) is 1.18. The molecule has 0 unspecified atom stereocenters. The zero-order chi connectivity index (χ0) is 6.81. The van der Waals surface area contributed by atoms with E-state index in [4.69, 9.17) is 0 Å². The Kier molecular flexibility index (Phi) is 1.25. The summed E-state index contributed by atoms with van der Waals surface area (Å²) in [6.07, 6.45) is 4.23. The monoisotopic (exact) mass is 151 g/mol. The van der Waals surface area contributed by atoms with Crippen LogP contribution in [0.4, 0.5) is 0 Å². The summed E-state index contributed by atoms with van der Waals surface area (Å²) in [4.78, 5) is 3.93. The van der Waals surface area contributed by atoms with Crippen LogP contribution in [0.1, 0.15) is 0 Å². The molecule has 0 atom stereocenters. The van der Waals surface area contributed by atoms with Crippen molar-refractivity contribution in [3.8, 4) is 10.7 Å². The first-order chi connectivity index (χ1) is 4.97. The van der Waals surface area contributed by atoms with Crippen molar-refractivity contribution in [2.75, 3.05) is 0 Å². The minimum atomic E-state index is 0.770. The zero-order valence-electron chi connectivity index (χ0n) is 4.94. The second-order valence-electron chi connectivity index (χ2n) is 1.67. The molecular weight excluding hydrogens is 148 g/mol. The van der Waals surface area contributed by atoms with Gasteiger partial charge in [0.25, 0.3) is 0 Å². The third kappa shape index (κ3) is 0.823. The summed E-state index contributed by atoms with van der Waals surface area (Å²) in [6.45, 7) is 0. The number of aromatic nitrogens is 2. The Labute approximate surface area is 61.3 Å². The van der Waals surface area contributed by atoms with E-state index >= 15 is 0 Å². The summed E-state index contributed by atoms with van der Waals surface area (Å²) in [5.74, 6) is 0. The highest BCUT2D eigenvalue weighted by atomic mass is 32.1. The fraction of sp³-hybridized carbons (Fsp3) is 0. The second-order valence-corrected chi connectivity index (χ2v) is 2.52. The Bertz CT molecular complexity index is 255. The minimum Gasteiger partial charge on any atom is -0.364 e. The van der Waals surface area contributed by atoms with Crippen molar-refractivity contribution >= 4 is 11.3 Å². The molecule has 0 N–H and O–H groups in total. The van der Waals surface area contributed by atoms with Gasteiger partial charge in [-0.05, 0) is 0 Å². The van der Waals surface area contributed by atoms with Crippen LogP contribution < -0.4 is 0 Å². The van der Waals surface area contributed by atoms with Gasteiger partial charge in [-0.1, -0.05) is 5.16 Å². The van der Waals surface area contributed by atoms with Gasteiger partial charge in [-0.2, -0.15) is 0 Å². The molecule has 0 aliphatic rings. The first kappa shape index (κ1) is 5.61. The van der Waals surface area contributed by atoms with Gasteiger partial charge in [0.05, 0.1) is 0 Å². The van der Waals surface area contributed by atoms with Gasteiger partial charge in [-0.25, -0.2) is 4.98 Å². The lowest BCUT2D eigenvalue weighted by Gasteiger charge is -1.80. The van der Waals surface area contributed by atoms with Gasteiger partial charge >= 0.3 is 0 Å². The molecule has 2 rings (SSSR count). The van der Waals surface area contributed by atoms with Gasteiger partial charge in [0.1, 0.15) is 23.2 Å². The van der Waals surface area contributed by atoms with Crippen LogP contribution in [0.2, 0.25) is 0 Å². The summed E-state index contributed by atoms with van der Waals surface area (Å²) in [7, 11) is 0. The normalized spacial score (nSPS) is 10.0. The molecule has 0 aromatic carbocycles. The van der Waals surface area contributed by atoms with Gasteiger partial charge in [-0.15, -0.1) is 11.3 Å². The Balaban J connectivity index is 2.48. The number of thiazole rings is 1. The Morgan fingerprint density at radius 3 is 3.20 bits per heavy atom. The molecule has 0 fully saturated rings. The highest BCUT2D eigenvalue weighted by Crippen LogP contribution is 2.17. The van der Waals surface area contributed by atoms with Gasteiger partial charge in [0.2, 0.25) is 0 Å². The van der Waals surface area contributed by atoms with Crippen LogP contribution in [0, 0.1) is 6.20 Å². The Hall–Kier alpha value is -1.16. The van der Waals surface area contributed by atoms with Crippen molar-refractivity contribution in [3.05, 3.63) is 23.9 Å². The zero-order valence-corrected chi connectivity index (χ0v) is 5.76. The second kappa shape index (κ2) is 2.22. The minimum absolute atomic E-state index is 0.770. The third-order valence-electron chi connectivity index (χ3n) is 1.05. The fourth-order valence-electron chi connectivity index (χ4n) is 0.634. The van der Waals surface area contributed by atoms with Crippen LogP contribution >= 0.6 is 11.3 Å². The number of hydrogen-bond donors (Lipinski definition) is 0. The first-order valence-corrected chi connectivity index (χ1v) is 3.57. The molecule has 1 radical (unpaired) electrons. The number of nitrogens with zero attached hydrogens (tertiary/aromatic N) is 2. The van der Waals surface area contributed by atoms with E-state index in [9.17, 15) is 0 Å². The van der Waals surface area contributed by atoms with E-state index in [0.29, 0.717) is 0 Å². The van der Waals surface area contributed by atoms with Crippen molar-refractivity contribution in [1.29, 1.82) is 0 Å². The molecule has 49 valence electrons. The molecule has 0 bridgehead atoms. The molecule has 0 aliphatic carbocycles. The Morgan fingerprint density at radius 2 is 2.60 bits per heavy atom. The maximum atomic E-state index is 4.64. The van der Waals surface area contributed by atoms with E-state index in [1.165, 1.54) is 17.6 Å². The van der Waals surface area contributed by atoms with Gasteiger partial charge < -0.3 is 4.52 Å². The summed E-state index contributed by atoms with van der Waals surface area (Å²) in [5, 5.41) is 6.33. The van der Waals surface area contributed by atoms with Crippen LogP contribution in [0.15, 0.2) is 22.2 Å². The van der Waals surface area contributed by atoms with Crippen molar-refractivity contribution in [1.82, 2.24) is 10.1 Å². The first-order valence-electron chi connectivity index (χ1n) is 2.69. The van der Waals surface area contributed by atoms with Crippen molar-refractivity contribution < 1.29 is 4.52 Å². The molecule has 0 saturated carbocycles. The van der Waals surface area contributed by atoms with Crippen LogP contribution in [0.3, 0.4) is 0 Å². The molecule has 2 heterocycles. The van der Waals surface area contributed by atoms with E-state index in [-0.39, 0.29) is 0 Å². The topological polar surface area (TPSA) is 38.9 Å². The summed E-state index contributed by atoms with van der Waals surface area (Å²) in [6, 6.07) is 1.77. The Morgan fingerprint density at radius 1 is 1.60 bits per heavy atom. The molecule has 0 spiro atoms. The molecule has 2 aromatic rings. The lowest BCUT2D eigenvalue weighted by atomic mass is 10.5. The van der Waals surface area contributed by atoms with E-state index < -0.39 is 0 Å². The lowest BCUT2D eigenvalue weighted by Crippen LogP contribution is -1.71. The van der Waals surface area contributed by atoms with Crippen LogP contribution in [-0.4, -0.2) is 10.1 Å². The molecule has 0 amide bonds. The maximum Gasteiger partial charge on any atom is 0.146 e. The van der Waals surface area contributed by atoms with Gasteiger partial charge in [-0.3, -0.25) is 0 Å². The summed E-state index contributed by atoms with van der Waals surface area (Å²) >= 11 is 1.49. The van der Waals surface area contributed by atoms with Crippen molar-refractivity contribution in [2.24, 2.45) is 0 Å². The molecule has 2 aromatic heterocycles. The standard InChI is InChI=1S/C6H3N2OS/c1-3-9-8-5(1)6-7-2-4-10-6/h1,3-4H. The average molecular weight is 151 g/mol. The molecular formula is C6H3N2OS. The number of hydrogen-bond acceptors (Lipinski definition) is 4. The molecule has 10 heavy (non-hydrogen) atoms. The van der Waals surface area contributed by atoms with Crippen LogP contribution in [0.5, 0.6) is 0 Å². The molecule has 3 nitrogen and oxygen atoms in total. The van der Waals surface area contributed by atoms with E-state index in [1.54, 1.807) is 11.4 Å². The number of rotatable bonds is 1. The highest BCUT2D eigenvalue weighted by Gasteiger charge is 2.01.